The molecule has 332 valence electrons. The molecule has 0 spiro atoms. The number of rotatable bonds is 18. The van der Waals surface area contributed by atoms with Crippen molar-refractivity contribution in [1.82, 2.24) is 40.5 Å². The Morgan fingerprint density at radius 3 is 1.12 bits per heavy atom. The molecule has 4 aromatic carbocycles. The van der Waals surface area contributed by atoms with Crippen LogP contribution in [0.25, 0.3) is 12.2 Å². The van der Waals surface area contributed by atoms with Gasteiger partial charge in [0.25, 0.3) is 32.1 Å². The standard InChI is InChI=1S/C38H34Cl2N12O10S2/c39-33-47-35(43-25-9-5-23(6-10-25)31(55)41-15-17-53)51-37(49-33)45-27-13-3-21(29(19-27)63(57,58)59)1-2-22-4-14-28(20-30(22)64(60,61)62)46-38-50-34(40)48-36(52-38)44-26-11-7-24(8-12-26)32(56)42-16-18-54/h1-14,19-20,53-54H,15-18H2,(H,41,55)(H,42,56)(H,57,58,59)(H,60,61,62)(H2,43,45,47,49,51)(H2,44,46,48,50,52)/b2-1+. The van der Waals surface area contributed by atoms with Crippen LogP contribution in [0, 0.1) is 0 Å². The molecule has 0 bridgehead atoms. The molecule has 0 aliphatic carbocycles. The smallest absolute Gasteiger partial charge is 0.295 e. The molecule has 22 nitrogen and oxygen atoms in total. The van der Waals surface area contributed by atoms with Gasteiger partial charge in [0.2, 0.25) is 34.4 Å². The van der Waals surface area contributed by atoms with E-state index in [-0.39, 0.29) is 95.0 Å². The van der Waals surface area contributed by atoms with Crippen molar-refractivity contribution in [2.75, 3.05) is 47.6 Å². The summed E-state index contributed by atoms with van der Waals surface area (Å²) in [7, 11) is -9.80. The van der Waals surface area contributed by atoms with Crippen molar-refractivity contribution in [3.05, 3.63) is 118 Å². The van der Waals surface area contributed by atoms with Crippen molar-refractivity contribution in [3.63, 3.8) is 0 Å². The second-order valence-electron chi connectivity index (χ2n) is 12.9. The van der Waals surface area contributed by atoms with Crippen molar-refractivity contribution in [3.8, 4) is 0 Å². The van der Waals surface area contributed by atoms with Crippen molar-refractivity contribution >= 4 is 114 Å². The minimum absolute atomic E-state index is 0.0214. The van der Waals surface area contributed by atoms with E-state index in [1.54, 1.807) is 24.3 Å². The third-order valence-corrected chi connectivity index (χ3v) is 10.5. The number of aliphatic hydroxyl groups is 2. The lowest BCUT2D eigenvalue weighted by atomic mass is 10.1. The SMILES string of the molecule is O=C(NCCO)c1ccc(Nc2nc(Cl)nc(Nc3ccc(/C=C/c4ccc(Nc5nc(Cl)nc(Nc6ccc(C(=O)NCCO)cc6)n5)cc4S(=O)(=O)O)c(S(=O)(=O)O)c3)n2)cc1. The first-order valence-electron chi connectivity index (χ1n) is 18.3. The summed E-state index contributed by atoms with van der Waals surface area (Å²) in [5, 5.41) is 33.8. The number of aliphatic hydroxyl groups excluding tert-OH is 2. The van der Waals surface area contributed by atoms with Gasteiger partial charge in [-0.15, -0.1) is 0 Å². The number of hydrogen-bond donors (Lipinski definition) is 10. The molecule has 0 saturated carbocycles. The zero-order chi connectivity index (χ0) is 46.0. The summed E-state index contributed by atoms with van der Waals surface area (Å²) in [5.74, 6) is -1.06. The van der Waals surface area contributed by atoms with Gasteiger partial charge < -0.3 is 42.1 Å². The summed E-state index contributed by atoms with van der Waals surface area (Å²) < 4.78 is 70.5. The van der Waals surface area contributed by atoms with Gasteiger partial charge in [0, 0.05) is 47.0 Å². The van der Waals surface area contributed by atoms with Crippen LogP contribution >= 0.6 is 23.2 Å². The summed E-state index contributed by atoms with van der Waals surface area (Å²) in [6.45, 7) is -0.233. The predicted octanol–water partition coefficient (Wildman–Crippen LogP) is 4.45. The van der Waals surface area contributed by atoms with Crippen LogP contribution in [0.2, 0.25) is 10.6 Å². The van der Waals surface area contributed by atoms with Crippen molar-refractivity contribution in [1.29, 1.82) is 0 Å². The highest BCUT2D eigenvalue weighted by Crippen LogP contribution is 2.29. The molecule has 0 atom stereocenters. The molecule has 6 rings (SSSR count). The van der Waals surface area contributed by atoms with E-state index in [2.05, 4.69) is 61.8 Å². The highest BCUT2D eigenvalue weighted by molar-refractivity contribution is 7.86. The molecule has 0 aliphatic heterocycles. The molecule has 0 aliphatic rings. The van der Waals surface area contributed by atoms with Gasteiger partial charge in [-0.05, 0) is 107 Å². The van der Waals surface area contributed by atoms with Crippen LogP contribution in [0.3, 0.4) is 0 Å². The molecule has 0 unspecified atom stereocenters. The largest absolute Gasteiger partial charge is 0.395 e. The number of hydrogen-bond acceptors (Lipinski definition) is 18. The van der Waals surface area contributed by atoms with E-state index in [1.807, 2.05) is 0 Å². The quantitative estimate of drug-likeness (QED) is 0.0420. The van der Waals surface area contributed by atoms with Crippen molar-refractivity contribution in [2.45, 2.75) is 9.79 Å². The maximum absolute atomic E-state index is 12.6. The number of halogens is 2. The molecule has 2 heterocycles. The van der Waals surface area contributed by atoms with E-state index < -0.39 is 30.0 Å². The lowest BCUT2D eigenvalue weighted by molar-refractivity contribution is 0.0937. The van der Waals surface area contributed by atoms with Gasteiger partial charge in [-0.1, -0.05) is 24.3 Å². The molecule has 10 N–H and O–H groups in total. The van der Waals surface area contributed by atoms with Crippen molar-refractivity contribution < 1.29 is 45.7 Å². The Labute approximate surface area is 373 Å². The van der Waals surface area contributed by atoms with Gasteiger partial charge in [-0.2, -0.15) is 46.7 Å². The molecule has 0 radical (unpaired) electrons. The minimum atomic E-state index is -4.90. The normalized spacial score (nSPS) is 11.5. The number of benzene rings is 4. The molecular formula is C38H34Cl2N12O10S2. The van der Waals surface area contributed by atoms with Gasteiger partial charge in [0.1, 0.15) is 9.79 Å². The lowest BCUT2D eigenvalue weighted by Gasteiger charge is -2.12. The fraction of sp³-hybridized carbons (Fsp3) is 0.105. The first-order valence-corrected chi connectivity index (χ1v) is 21.9. The molecule has 6 aromatic rings. The van der Waals surface area contributed by atoms with Gasteiger partial charge in [-0.3, -0.25) is 18.7 Å². The topological polar surface area (TPSA) is 333 Å². The molecule has 2 aromatic heterocycles. The van der Waals surface area contributed by atoms with Crippen LogP contribution in [0.1, 0.15) is 31.8 Å². The molecule has 64 heavy (non-hydrogen) atoms. The van der Waals surface area contributed by atoms with E-state index in [0.29, 0.717) is 22.5 Å². The number of carbonyl (C=O) groups is 2. The van der Waals surface area contributed by atoms with Crippen LogP contribution in [-0.2, 0) is 20.2 Å². The van der Waals surface area contributed by atoms with E-state index in [1.165, 1.54) is 60.7 Å². The first kappa shape index (κ1) is 46.6. The summed E-state index contributed by atoms with van der Waals surface area (Å²) in [5.41, 5.74) is 1.62. The van der Waals surface area contributed by atoms with E-state index in [0.717, 1.165) is 12.1 Å². The Hall–Kier alpha value is -6.90. The summed E-state index contributed by atoms with van der Waals surface area (Å²) >= 11 is 12.3. The Balaban J connectivity index is 1.18. The average Bonchev–Trinajstić information content (AvgIpc) is 3.24. The number of aromatic nitrogens is 6. The minimum Gasteiger partial charge on any atom is -0.395 e. The lowest BCUT2D eigenvalue weighted by Crippen LogP contribution is -2.26. The maximum Gasteiger partial charge on any atom is 0.295 e. The predicted molar refractivity (Wildman–Crippen MR) is 236 cm³/mol. The summed E-state index contributed by atoms with van der Waals surface area (Å²) in [4.78, 5) is 47.6. The van der Waals surface area contributed by atoms with E-state index >= 15 is 0 Å². The summed E-state index contributed by atoms with van der Waals surface area (Å²) in [6.07, 6.45) is 2.40. The third kappa shape index (κ3) is 12.8. The van der Waals surface area contributed by atoms with E-state index in [4.69, 9.17) is 33.4 Å². The molecule has 0 saturated heterocycles. The second-order valence-corrected chi connectivity index (χ2v) is 16.4. The van der Waals surface area contributed by atoms with Crippen LogP contribution in [-0.4, -0.2) is 104 Å². The van der Waals surface area contributed by atoms with Crippen LogP contribution in [0.15, 0.2) is 94.7 Å². The zero-order valence-corrected chi connectivity index (χ0v) is 35.7. The number of nitrogens with one attached hydrogen (secondary N) is 6. The van der Waals surface area contributed by atoms with Gasteiger partial charge in [-0.25, -0.2) is 0 Å². The second kappa shape index (κ2) is 20.5. The maximum atomic E-state index is 12.6. The molecule has 0 fully saturated rings. The van der Waals surface area contributed by atoms with Crippen molar-refractivity contribution in [2.24, 2.45) is 0 Å². The number of anilines is 8. The monoisotopic (exact) mass is 952 g/mol. The van der Waals surface area contributed by atoms with E-state index in [9.17, 15) is 35.5 Å². The Morgan fingerprint density at radius 2 is 0.812 bits per heavy atom. The third-order valence-electron chi connectivity index (χ3n) is 8.36. The van der Waals surface area contributed by atoms with Crippen LogP contribution < -0.4 is 31.9 Å². The number of carbonyl (C=O) groups excluding carboxylic acids is 2. The fourth-order valence-corrected chi connectivity index (χ4v) is 7.26. The first-order chi connectivity index (χ1) is 30.5. The zero-order valence-electron chi connectivity index (χ0n) is 32.6. The highest BCUT2D eigenvalue weighted by atomic mass is 35.5. The Morgan fingerprint density at radius 1 is 0.500 bits per heavy atom. The molecular weight excluding hydrogens is 920 g/mol. The summed E-state index contributed by atoms with van der Waals surface area (Å²) in [6, 6.07) is 20.0. The van der Waals surface area contributed by atoms with Gasteiger partial charge in [0.15, 0.2) is 0 Å². The van der Waals surface area contributed by atoms with Crippen LogP contribution in [0.4, 0.5) is 46.5 Å². The Bertz CT molecular complexity index is 2750. The van der Waals surface area contributed by atoms with Crippen LogP contribution in [0.5, 0.6) is 0 Å². The Kier molecular flexibility index (Phi) is 14.9. The molecule has 26 heteroatoms. The highest BCUT2D eigenvalue weighted by Gasteiger charge is 2.19. The van der Waals surface area contributed by atoms with Gasteiger partial charge in [0.05, 0.1) is 13.2 Å². The number of nitrogens with zero attached hydrogens (tertiary/aromatic N) is 6. The fourth-order valence-electron chi connectivity index (χ4n) is 5.52. The average molecular weight is 954 g/mol. The van der Waals surface area contributed by atoms with Gasteiger partial charge >= 0.3 is 0 Å². The number of amides is 2. The molecule has 2 amide bonds.